The molecule has 27 heavy (non-hydrogen) atoms. The number of allylic oxidation sites excluding steroid dienone is 1. The van der Waals surface area contributed by atoms with E-state index in [-0.39, 0.29) is 6.42 Å². The minimum Gasteiger partial charge on any atom is -0.493 e. The van der Waals surface area contributed by atoms with Gasteiger partial charge in [-0.3, -0.25) is 4.79 Å². The van der Waals surface area contributed by atoms with Gasteiger partial charge in [-0.05, 0) is 38.5 Å². The summed E-state index contributed by atoms with van der Waals surface area (Å²) in [6.07, 6.45) is 3.67. The zero-order valence-corrected chi connectivity index (χ0v) is 16.4. The van der Waals surface area contributed by atoms with Crippen LogP contribution in [-0.2, 0) is 4.79 Å². The Morgan fingerprint density at radius 1 is 1.30 bits per heavy atom. The predicted octanol–water partition coefficient (Wildman–Crippen LogP) is 3.28. The van der Waals surface area contributed by atoms with Gasteiger partial charge in [-0.1, -0.05) is 12.2 Å². The first-order valence-corrected chi connectivity index (χ1v) is 9.07. The van der Waals surface area contributed by atoms with Gasteiger partial charge in [0.2, 0.25) is 0 Å². The van der Waals surface area contributed by atoms with E-state index >= 15 is 0 Å². The van der Waals surface area contributed by atoms with E-state index in [9.17, 15) is 14.7 Å². The molecule has 0 aliphatic rings. The fraction of sp³-hybridized carbons (Fsp3) is 0.316. The number of hydrogen-bond donors (Lipinski definition) is 2. The number of carbonyl (C=O) groups is 2. The van der Waals surface area contributed by atoms with Crippen LogP contribution in [0.3, 0.4) is 0 Å². The molecule has 0 aliphatic heterocycles. The number of aryl methyl sites for hydroxylation is 1. The average Bonchev–Trinajstić information content (AvgIpc) is 3.05. The Morgan fingerprint density at radius 3 is 2.59 bits per heavy atom. The first-order chi connectivity index (χ1) is 12.9. The molecule has 1 aromatic heterocycles. The Morgan fingerprint density at radius 2 is 2.00 bits per heavy atom. The lowest BCUT2D eigenvalue weighted by molar-refractivity contribution is -0.139. The number of ether oxygens (including phenoxy) is 2. The standard InChI is InChI=1S/C19H22N2O5S/c1-5-6-7-13(19(23)24)21-17(22)16-11(2)20-18(27-16)12-8-9-14(25-3)15(10-12)26-4/h5-6,8-10,13H,7H2,1-4H3,(H,21,22)(H,23,24)/b6-5+. The number of carboxylic acids is 1. The Labute approximate surface area is 161 Å². The molecule has 1 heterocycles. The van der Waals surface area contributed by atoms with E-state index in [2.05, 4.69) is 10.3 Å². The number of carbonyl (C=O) groups excluding carboxylic acids is 1. The van der Waals surface area contributed by atoms with Crippen molar-refractivity contribution in [2.45, 2.75) is 26.3 Å². The molecule has 0 saturated carbocycles. The zero-order valence-electron chi connectivity index (χ0n) is 15.6. The first kappa shape index (κ1) is 20.4. The van der Waals surface area contributed by atoms with Crippen molar-refractivity contribution in [2.75, 3.05) is 14.2 Å². The molecule has 8 heteroatoms. The lowest BCUT2D eigenvalue weighted by atomic mass is 10.2. The third-order valence-electron chi connectivity index (χ3n) is 3.84. The van der Waals surface area contributed by atoms with Crippen LogP contribution < -0.4 is 14.8 Å². The highest BCUT2D eigenvalue weighted by atomic mass is 32.1. The molecule has 1 amide bonds. The van der Waals surface area contributed by atoms with Crippen LogP contribution in [0.5, 0.6) is 11.5 Å². The molecule has 0 fully saturated rings. The van der Waals surface area contributed by atoms with E-state index in [4.69, 9.17) is 9.47 Å². The van der Waals surface area contributed by atoms with Gasteiger partial charge in [0.05, 0.1) is 19.9 Å². The molecular weight excluding hydrogens is 368 g/mol. The smallest absolute Gasteiger partial charge is 0.326 e. The summed E-state index contributed by atoms with van der Waals surface area (Å²) in [7, 11) is 3.10. The quantitative estimate of drug-likeness (QED) is 0.671. The maximum absolute atomic E-state index is 12.5. The highest BCUT2D eigenvalue weighted by Gasteiger charge is 2.23. The number of thiazole rings is 1. The number of nitrogens with one attached hydrogen (secondary N) is 1. The second-order valence-corrected chi connectivity index (χ2v) is 6.67. The van der Waals surface area contributed by atoms with Gasteiger partial charge in [-0.2, -0.15) is 0 Å². The maximum atomic E-state index is 12.5. The lowest BCUT2D eigenvalue weighted by Gasteiger charge is -2.11. The van der Waals surface area contributed by atoms with Gasteiger partial charge >= 0.3 is 5.97 Å². The summed E-state index contributed by atoms with van der Waals surface area (Å²) in [5.41, 5.74) is 1.32. The van der Waals surface area contributed by atoms with Crippen molar-refractivity contribution in [2.24, 2.45) is 0 Å². The zero-order chi connectivity index (χ0) is 20.0. The van der Waals surface area contributed by atoms with Crippen molar-refractivity contribution in [1.29, 1.82) is 0 Å². The SMILES string of the molecule is C/C=C/CC(NC(=O)c1sc(-c2ccc(OC)c(OC)c2)nc1C)C(=O)O. The number of amides is 1. The molecule has 2 aromatic rings. The minimum absolute atomic E-state index is 0.220. The fourth-order valence-electron chi connectivity index (χ4n) is 2.42. The number of aromatic nitrogens is 1. The second-order valence-electron chi connectivity index (χ2n) is 5.67. The molecule has 0 saturated heterocycles. The molecule has 144 valence electrons. The van der Waals surface area contributed by atoms with Crippen molar-refractivity contribution in [3.8, 4) is 22.1 Å². The highest BCUT2D eigenvalue weighted by Crippen LogP contribution is 2.35. The normalized spacial score (nSPS) is 12.0. The van der Waals surface area contributed by atoms with Crippen molar-refractivity contribution < 1.29 is 24.2 Å². The van der Waals surface area contributed by atoms with Crippen LogP contribution in [0.25, 0.3) is 10.6 Å². The van der Waals surface area contributed by atoms with E-state index in [0.29, 0.717) is 27.1 Å². The summed E-state index contributed by atoms with van der Waals surface area (Å²) >= 11 is 1.20. The molecule has 2 rings (SSSR count). The van der Waals surface area contributed by atoms with Crippen LogP contribution in [0, 0.1) is 6.92 Å². The Bertz CT molecular complexity index is 860. The van der Waals surface area contributed by atoms with E-state index < -0.39 is 17.9 Å². The molecule has 0 aliphatic carbocycles. The van der Waals surface area contributed by atoms with Crippen molar-refractivity contribution in [3.05, 3.63) is 40.9 Å². The van der Waals surface area contributed by atoms with Gasteiger partial charge in [-0.15, -0.1) is 11.3 Å². The minimum atomic E-state index is -1.08. The van der Waals surface area contributed by atoms with E-state index in [1.165, 1.54) is 11.3 Å². The van der Waals surface area contributed by atoms with Gasteiger partial charge in [-0.25, -0.2) is 9.78 Å². The summed E-state index contributed by atoms with van der Waals surface area (Å²) in [6.45, 7) is 3.51. The number of aliphatic carboxylic acids is 1. The molecular formula is C19H22N2O5S. The Balaban J connectivity index is 2.27. The van der Waals surface area contributed by atoms with E-state index in [1.54, 1.807) is 52.4 Å². The average molecular weight is 390 g/mol. The molecule has 1 atom stereocenters. The maximum Gasteiger partial charge on any atom is 0.326 e. The fourth-order valence-corrected chi connectivity index (χ4v) is 3.38. The Hall–Kier alpha value is -2.87. The van der Waals surface area contributed by atoms with Crippen LogP contribution in [0.15, 0.2) is 30.4 Å². The molecule has 0 bridgehead atoms. The van der Waals surface area contributed by atoms with Crippen LogP contribution >= 0.6 is 11.3 Å². The monoisotopic (exact) mass is 390 g/mol. The summed E-state index contributed by atoms with van der Waals surface area (Å²) < 4.78 is 10.5. The number of nitrogens with zero attached hydrogens (tertiary/aromatic N) is 1. The lowest BCUT2D eigenvalue weighted by Crippen LogP contribution is -2.40. The van der Waals surface area contributed by atoms with Gasteiger partial charge in [0.25, 0.3) is 5.91 Å². The molecule has 2 N–H and O–H groups in total. The number of benzene rings is 1. The summed E-state index contributed by atoms with van der Waals surface area (Å²) in [4.78, 5) is 28.7. The molecule has 0 spiro atoms. The molecule has 1 aromatic carbocycles. The topological polar surface area (TPSA) is 97.8 Å². The van der Waals surface area contributed by atoms with E-state index in [0.717, 1.165) is 5.56 Å². The predicted molar refractivity (Wildman–Crippen MR) is 104 cm³/mol. The van der Waals surface area contributed by atoms with Crippen LogP contribution in [0.1, 0.15) is 28.7 Å². The van der Waals surface area contributed by atoms with Crippen LogP contribution in [0.4, 0.5) is 0 Å². The van der Waals surface area contributed by atoms with Gasteiger partial charge in [0.15, 0.2) is 11.5 Å². The summed E-state index contributed by atoms with van der Waals surface area (Å²) in [6, 6.07) is 4.39. The third-order valence-corrected chi connectivity index (χ3v) is 5.05. The summed E-state index contributed by atoms with van der Waals surface area (Å²) in [5.74, 6) is -0.371. The van der Waals surface area contributed by atoms with Gasteiger partial charge < -0.3 is 19.9 Å². The molecule has 0 radical (unpaired) electrons. The molecule has 1 unspecified atom stereocenters. The van der Waals surface area contributed by atoms with Gasteiger partial charge in [0.1, 0.15) is 15.9 Å². The van der Waals surface area contributed by atoms with Crippen LogP contribution in [0.2, 0.25) is 0 Å². The van der Waals surface area contributed by atoms with Crippen molar-refractivity contribution in [3.63, 3.8) is 0 Å². The van der Waals surface area contributed by atoms with Crippen molar-refractivity contribution >= 4 is 23.2 Å². The van der Waals surface area contributed by atoms with Crippen LogP contribution in [-0.4, -0.2) is 42.2 Å². The van der Waals surface area contributed by atoms with E-state index in [1.807, 2.05) is 6.07 Å². The van der Waals surface area contributed by atoms with Gasteiger partial charge in [0, 0.05) is 5.56 Å². The number of rotatable bonds is 8. The highest BCUT2D eigenvalue weighted by molar-refractivity contribution is 7.17. The van der Waals surface area contributed by atoms with Crippen molar-refractivity contribution in [1.82, 2.24) is 10.3 Å². The number of carboxylic acid groups (broad SMARTS) is 1. The molecule has 7 nitrogen and oxygen atoms in total. The number of hydrogen-bond acceptors (Lipinski definition) is 6. The summed E-state index contributed by atoms with van der Waals surface area (Å²) in [5, 5.41) is 12.5. The first-order valence-electron chi connectivity index (χ1n) is 8.25. The third kappa shape index (κ3) is 4.85. The largest absolute Gasteiger partial charge is 0.493 e. The number of methoxy groups -OCH3 is 2. The Kier molecular flexibility index (Phi) is 6.95. The second kappa shape index (κ2) is 9.18.